The van der Waals surface area contributed by atoms with Crippen molar-refractivity contribution < 1.29 is 4.79 Å². The van der Waals surface area contributed by atoms with Crippen LogP contribution in [0.25, 0.3) is 0 Å². The minimum atomic E-state index is -0.0450. The van der Waals surface area contributed by atoms with E-state index in [-0.39, 0.29) is 5.91 Å². The van der Waals surface area contributed by atoms with Crippen LogP contribution in [0, 0.1) is 5.92 Å². The summed E-state index contributed by atoms with van der Waals surface area (Å²) >= 11 is 0. The SMILES string of the molecule is CCCNc1ccc(C(=O)N(C)CC2CC2)nn1. The van der Waals surface area contributed by atoms with Gasteiger partial charge in [-0.15, -0.1) is 10.2 Å². The maximum Gasteiger partial charge on any atom is 0.274 e. The molecule has 1 N–H and O–H groups in total. The van der Waals surface area contributed by atoms with Crippen LogP contribution in [0.3, 0.4) is 0 Å². The second kappa shape index (κ2) is 5.80. The van der Waals surface area contributed by atoms with Gasteiger partial charge in [0.25, 0.3) is 5.91 Å². The number of nitrogens with zero attached hydrogens (tertiary/aromatic N) is 3. The number of carbonyl (C=O) groups is 1. The van der Waals surface area contributed by atoms with Gasteiger partial charge in [-0.05, 0) is 37.3 Å². The predicted octanol–water partition coefficient (Wildman–Crippen LogP) is 1.78. The van der Waals surface area contributed by atoms with Crippen LogP contribution in [0.2, 0.25) is 0 Å². The van der Waals surface area contributed by atoms with Gasteiger partial charge in [-0.3, -0.25) is 4.79 Å². The lowest BCUT2D eigenvalue weighted by atomic mass is 10.3. The lowest BCUT2D eigenvalue weighted by Crippen LogP contribution is -2.29. The Morgan fingerprint density at radius 3 is 2.78 bits per heavy atom. The van der Waals surface area contributed by atoms with Crippen molar-refractivity contribution in [3.8, 4) is 0 Å². The number of aromatic nitrogens is 2. The van der Waals surface area contributed by atoms with Gasteiger partial charge in [0.15, 0.2) is 5.69 Å². The van der Waals surface area contributed by atoms with E-state index in [0.717, 1.165) is 25.3 Å². The maximum absolute atomic E-state index is 12.0. The lowest BCUT2D eigenvalue weighted by Gasteiger charge is -2.15. The summed E-state index contributed by atoms with van der Waals surface area (Å²) in [4.78, 5) is 13.8. The Kier molecular flexibility index (Phi) is 4.12. The number of carbonyl (C=O) groups excluding carboxylic acids is 1. The summed E-state index contributed by atoms with van der Waals surface area (Å²) in [5.74, 6) is 1.37. The fourth-order valence-corrected chi connectivity index (χ4v) is 1.76. The van der Waals surface area contributed by atoms with Gasteiger partial charge in [-0.2, -0.15) is 0 Å². The topological polar surface area (TPSA) is 58.1 Å². The molecule has 1 aromatic heterocycles. The molecular weight excluding hydrogens is 228 g/mol. The van der Waals surface area contributed by atoms with Gasteiger partial charge in [0.05, 0.1) is 0 Å². The minimum absolute atomic E-state index is 0.0450. The van der Waals surface area contributed by atoms with Crippen LogP contribution in [0.5, 0.6) is 0 Å². The number of nitrogens with one attached hydrogen (secondary N) is 1. The summed E-state index contributed by atoms with van der Waals surface area (Å²) in [5, 5.41) is 11.1. The average Bonchev–Trinajstić information content (AvgIpc) is 3.20. The molecule has 1 heterocycles. The predicted molar refractivity (Wildman–Crippen MR) is 70.5 cm³/mol. The molecule has 0 radical (unpaired) electrons. The summed E-state index contributed by atoms with van der Waals surface area (Å²) in [6.07, 6.45) is 3.51. The summed E-state index contributed by atoms with van der Waals surface area (Å²) in [6, 6.07) is 3.54. The zero-order valence-corrected chi connectivity index (χ0v) is 11.0. The van der Waals surface area contributed by atoms with Crippen LogP contribution >= 0.6 is 0 Å². The first kappa shape index (κ1) is 12.8. The highest BCUT2D eigenvalue weighted by atomic mass is 16.2. The molecule has 0 spiro atoms. The molecule has 0 unspecified atom stereocenters. The van der Waals surface area contributed by atoms with E-state index in [2.05, 4.69) is 22.4 Å². The highest BCUT2D eigenvalue weighted by Crippen LogP contribution is 2.29. The molecule has 98 valence electrons. The van der Waals surface area contributed by atoms with Gasteiger partial charge in [-0.1, -0.05) is 6.92 Å². The zero-order valence-electron chi connectivity index (χ0n) is 11.0. The van der Waals surface area contributed by atoms with Gasteiger partial charge in [-0.25, -0.2) is 0 Å². The molecule has 2 rings (SSSR count). The smallest absolute Gasteiger partial charge is 0.274 e. The van der Waals surface area contributed by atoms with Crippen LogP contribution < -0.4 is 5.32 Å². The summed E-state index contributed by atoms with van der Waals surface area (Å²) in [5.41, 5.74) is 0.417. The Morgan fingerprint density at radius 2 is 2.22 bits per heavy atom. The van der Waals surface area contributed by atoms with Gasteiger partial charge in [0, 0.05) is 20.1 Å². The molecule has 1 saturated carbocycles. The summed E-state index contributed by atoms with van der Waals surface area (Å²) in [6.45, 7) is 3.78. The highest BCUT2D eigenvalue weighted by molar-refractivity contribution is 5.92. The number of anilines is 1. The first-order valence-corrected chi connectivity index (χ1v) is 6.53. The van der Waals surface area contributed by atoms with E-state index in [1.807, 2.05) is 7.05 Å². The van der Waals surface area contributed by atoms with Gasteiger partial charge in [0.2, 0.25) is 0 Å². The van der Waals surface area contributed by atoms with Crippen molar-refractivity contribution in [1.82, 2.24) is 15.1 Å². The molecule has 1 aromatic rings. The third kappa shape index (κ3) is 3.42. The van der Waals surface area contributed by atoms with Crippen molar-refractivity contribution >= 4 is 11.7 Å². The second-order valence-electron chi connectivity index (χ2n) is 4.86. The van der Waals surface area contributed by atoms with Gasteiger partial charge < -0.3 is 10.2 Å². The molecule has 0 bridgehead atoms. The van der Waals surface area contributed by atoms with Crippen molar-refractivity contribution in [2.24, 2.45) is 5.92 Å². The average molecular weight is 248 g/mol. The van der Waals surface area contributed by atoms with Crippen molar-refractivity contribution in [2.45, 2.75) is 26.2 Å². The fraction of sp³-hybridized carbons (Fsp3) is 0.615. The Bertz CT molecular complexity index is 400. The van der Waals surface area contributed by atoms with E-state index in [9.17, 15) is 4.79 Å². The number of amides is 1. The summed E-state index contributed by atoms with van der Waals surface area (Å²) in [7, 11) is 1.82. The first-order chi connectivity index (χ1) is 8.70. The second-order valence-corrected chi connectivity index (χ2v) is 4.86. The van der Waals surface area contributed by atoms with Crippen LogP contribution in [0.1, 0.15) is 36.7 Å². The van der Waals surface area contributed by atoms with Crippen LogP contribution in [0.4, 0.5) is 5.82 Å². The molecule has 1 aliphatic rings. The van der Waals surface area contributed by atoms with Crippen LogP contribution in [-0.4, -0.2) is 41.1 Å². The molecule has 1 fully saturated rings. The Labute approximate surface area is 108 Å². The van der Waals surface area contributed by atoms with E-state index < -0.39 is 0 Å². The molecular formula is C13H20N4O. The molecule has 1 aliphatic carbocycles. The molecule has 5 nitrogen and oxygen atoms in total. The van der Waals surface area contributed by atoms with E-state index in [4.69, 9.17) is 0 Å². The third-order valence-electron chi connectivity index (χ3n) is 3.02. The monoisotopic (exact) mass is 248 g/mol. The molecule has 0 atom stereocenters. The fourth-order valence-electron chi connectivity index (χ4n) is 1.76. The van der Waals surface area contributed by atoms with Crippen LogP contribution in [0.15, 0.2) is 12.1 Å². The van der Waals surface area contributed by atoms with E-state index in [0.29, 0.717) is 11.6 Å². The normalized spacial score (nSPS) is 14.3. The van der Waals surface area contributed by atoms with E-state index in [1.165, 1.54) is 12.8 Å². The number of rotatable bonds is 6. The van der Waals surface area contributed by atoms with E-state index in [1.54, 1.807) is 17.0 Å². The molecule has 18 heavy (non-hydrogen) atoms. The standard InChI is InChI=1S/C13H20N4O/c1-3-8-14-12-7-6-11(15-16-12)13(18)17(2)9-10-4-5-10/h6-7,10H,3-5,8-9H2,1-2H3,(H,14,16). The molecule has 1 amide bonds. The van der Waals surface area contributed by atoms with E-state index >= 15 is 0 Å². The number of hydrogen-bond donors (Lipinski definition) is 1. The maximum atomic E-state index is 12.0. The van der Waals surface area contributed by atoms with Crippen LogP contribution in [-0.2, 0) is 0 Å². The Morgan fingerprint density at radius 1 is 1.44 bits per heavy atom. The van der Waals surface area contributed by atoms with Crippen molar-refractivity contribution in [1.29, 1.82) is 0 Å². The Hall–Kier alpha value is -1.65. The third-order valence-corrected chi connectivity index (χ3v) is 3.02. The van der Waals surface area contributed by atoms with Crippen molar-refractivity contribution in [3.63, 3.8) is 0 Å². The van der Waals surface area contributed by atoms with Crippen molar-refractivity contribution in [2.75, 3.05) is 25.5 Å². The molecule has 0 aromatic carbocycles. The largest absolute Gasteiger partial charge is 0.369 e. The Balaban J connectivity index is 1.92. The number of hydrogen-bond acceptors (Lipinski definition) is 4. The lowest BCUT2D eigenvalue weighted by molar-refractivity contribution is 0.0782. The van der Waals surface area contributed by atoms with Crippen molar-refractivity contribution in [3.05, 3.63) is 17.8 Å². The molecule has 0 saturated heterocycles. The first-order valence-electron chi connectivity index (χ1n) is 6.53. The quantitative estimate of drug-likeness (QED) is 0.833. The minimum Gasteiger partial charge on any atom is -0.369 e. The highest BCUT2D eigenvalue weighted by Gasteiger charge is 2.25. The molecule has 0 aliphatic heterocycles. The zero-order chi connectivity index (χ0) is 13.0. The van der Waals surface area contributed by atoms with Gasteiger partial charge in [0.1, 0.15) is 5.82 Å². The summed E-state index contributed by atoms with van der Waals surface area (Å²) < 4.78 is 0. The molecule has 5 heteroatoms. The van der Waals surface area contributed by atoms with Gasteiger partial charge >= 0.3 is 0 Å².